The highest BCUT2D eigenvalue weighted by Crippen LogP contribution is 2.57. The minimum atomic E-state index is 0. The molecule has 164 valence electrons. The van der Waals surface area contributed by atoms with Crippen LogP contribution in [0.4, 0.5) is 0 Å². The van der Waals surface area contributed by atoms with Gasteiger partial charge in [0.2, 0.25) is 0 Å². The molecule has 2 aliphatic rings. The Morgan fingerprint density at radius 3 is 2.53 bits per heavy atom. The second kappa shape index (κ2) is 9.17. The summed E-state index contributed by atoms with van der Waals surface area (Å²) in [6.07, 6.45) is 2.09. The van der Waals surface area contributed by atoms with Gasteiger partial charge in [0.15, 0.2) is 0 Å². The van der Waals surface area contributed by atoms with E-state index in [9.17, 15) is 5.11 Å². The molecule has 4 nitrogen and oxygen atoms in total. The highest BCUT2D eigenvalue weighted by atomic mass is 35.5. The number of benzene rings is 2. The second-order valence-corrected chi connectivity index (χ2v) is 9.13. The van der Waals surface area contributed by atoms with Gasteiger partial charge in [-0.25, -0.2) is 0 Å². The second-order valence-electron chi connectivity index (χ2n) is 9.13. The molecule has 5 heteroatoms. The molecule has 1 fully saturated rings. The summed E-state index contributed by atoms with van der Waals surface area (Å²) in [5.41, 5.74) is 2.67. The summed E-state index contributed by atoms with van der Waals surface area (Å²) in [5.74, 6) is 1.33. The smallest absolute Gasteiger partial charge is 0.119 e. The first-order chi connectivity index (χ1) is 13.9. The average Bonchev–Trinajstić information content (AvgIpc) is 3.04. The highest BCUT2D eigenvalue weighted by molar-refractivity contribution is 5.85. The Morgan fingerprint density at radius 1 is 1.00 bits per heavy atom. The molecule has 0 saturated carbocycles. The third-order valence-electron chi connectivity index (χ3n) is 7.51. The summed E-state index contributed by atoms with van der Waals surface area (Å²) in [6.45, 7) is 11.0. The number of para-hydroxylation sites is 1. The minimum absolute atomic E-state index is 0. The maximum atomic E-state index is 10.5. The number of phenols is 1. The van der Waals surface area contributed by atoms with Gasteiger partial charge >= 0.3 is 0 Å². The first-order valence-electron chi connectivity index (χ1n) is 10.7. The van der Waals surface area contributed by atoms with Crippen LogP contribution in [-0.2, 0) is 16.6 Å². The lowest BCUT2D eigenvalue weighted by Gasteiger charge is -2.52. The van der Waals surface area contributed by atoms with Crippen LogP contribution in [-0.4, -0.2) is 49.0 Å². The van der Waals surface area contributed by atoms with Crippen molar-refractivity contribution < 1.29 is 14.6 Å². The molecule has 0 unspecified atom stereocenters. The molecule has 2 aromatic rings. The number of likely N-dealkylation sites (tertiary alicyclic amines) is 1. The number of halogens is 1. The lowest BCUT2D eigenvalue weighted by atomic mass is 9.54. The van der Waals surface area contributed by atoms with Crippen molar-refractivity contribution >= 4 is 12.4 Å². The molecule has 1 heterocycles. The number of nitrogens with zero attached hydrogens (tertiary/aromatic N) is 1. The van der Waals surface area contributed by atoms with Gasteiger partial charge in [-0.15, -0.1) is 12.4 Å². The van der Waals surface area contributed by atoms with E-state index in [4.69, 9.17) is 9.47 Å². The van der Waals surface area contributed by atoms with E-state index in [-0.39, 0.29) is 23.2 Å². The zero-order valence-electron chi connectivity index (χ0n) is 18.3. The minimum Gasteiger partial charge on any atom is -0.508 e. The standard InChI is InChI=1S/C25H33NO3.ClH/c1-24(2)21-10-7-11-22(27)20(21)18-23-25(24,3)12-13-26(23)14-15-28-16-17-29-19-8-5-4-6-9-19;/h4-11,23,27H,12-18H2,1-3H3;1H/t23-,25+;/m0./s1. The highest BCUT2D eigenvalue weighted by Gasteiger charge is 2.56. The fourth-order valence-electron chi connectivity index (χ4n) is 5.35. The fourth-order valence-corrected chi connectivity index (χ4v) is 5.35. The number of phenolic OH excluding ortho intramolecular Hbond substituents is 1. The van der Waals surface area contributed by atoms with Crippen molar-refractivity contribution in [3.63, 3.8) is 0 Å². The van der Waals surface area contributed by atoms with Crippen LogP contribution in [0, 0.1) is 5.41 Å². The predicted molar refractivity (Wildman–Crippen MR) is 123 cm³/mol. The molecular weight excluding hydrogens is 398 g/mol. The van der Waals surface area contributed by atoms with Gasteiger partial charge in [0.1, 0.15) is 18.1 Å². The molecular formula is C25H34ClNO3. The van der Waals surface area contributed by atoms with E-state index in [1.807, 2.05) is 42.5 Å². The third-order valence-corrected chi connectivity index (χ3v) is 7.51. The molecule has 1 saturated heterocycles. The molecule has 1 aliphatic carbocycles. The molecule has 0 amide bonds. The van der Waals surface area contributed by atoms with E-state index in [2.05, 4.69) is 31.7 Å². The zero-order valence-corrected chi connectivity index (χ0v) is 19.1. The molecule has 0 aromatic heterocycles. The van der Waals surface area contributed by atoms with Gasteiger partial charge in [0, 0.05) is 12.6 Å². The fraction of sp³-hybridized carbons (Fsp3) is 0.520. The quantitative estimate of drug-likeness (QED) is 0.638. The Bertz CT molecular complexity index is 842. The SMILES string of the molecule is CC1(C)c2cccc(O)c2C[C@@H]2N(CCOCCOc3ccccc3)CC[C@]21C.Cl. The molecule has 2 aromatic carbocycles. The summed E-state index contributed by atoms with van der Waals surface area (Å²) in [7, 11) is 0. The normalized spacial score (nSPS) is 24.6. The van der Waals surface area contributed by atoms with Gasteiger partial charge in [0.05, 0.1) is 13.2 Å². The van der Waals surface area contributed by atoms with Crippen LogP contribution in [0.1, 0.15) is 38.3 Å². The van der Waals surface area contributed by atoms with Crippen LogP contribution >= 0.6 is 12.4 Å². The number of ether oxygens (including phenoxy) is 2. The van der Waals surface area contributed by atoms with E-state index < -0.39 is 0 Å². The summed E-state index contributed by atoms with van der Waals surface area (Å²) in [4.78, 5) is 2.56. The van der Waals surface area contributed by atoms with E-state index in [1.165, 1.54) is 12.0 Å². The van der Waals surface area contributed by atoms with E-state index in [1.54, 1.807) is 0 Å². The first kappa shape index (κ1) is 22.9. The molecule has 0 radical (unpaired) electrons. The van der Waals surface area contributed by atoms with E-state index in [0.29, 0.717) is 31.6 Å². The van der Waals surface area contributed by atoms with Crippen LogP contribution < -0.4 is 4.74 Å². The third kappa shape index (κ3) is 4.05. The molecule has 4 rings (SSSR count). The maximum Gasteiger partial charge on any atom is 0.119 e. The van der Waals surface area contributed by atoms with Crippen LogP contribution in [0.15, 0.2) is 48.5 Å². The summed E-state index contributed by atoms with van der Waals surface area (Å²) in [5, 5.41) is 10.5. The Kier molecular flexibility index (Phi) is 7.01. The Morgan fingerprint density at radius 2 is 1.77 bits per heavy atom. The average molecular weight is 432 g/mol. The van der Waals surface area contributed by atoms with Crippen LogP contribution in [0.5, 0.6) is 11.5 Å². The number of fused-ring (bicyclic) bond motifs is 2. The molecule has 1 aliphatic heterocycles. The number of hydrogen-bond acceptors (Lipinski definition) is 4. The lowest BCUT2D eigenvalue weighted by Crippen LogP contribution is -2.53. The van der Waals surface area contributed by atoms with Crippen molar-refractivity contribution in [1.82, 2.24) is 4.90 Å². The first-order valence-corrected chi connectivity index (χ1v) is 10.7. The van der Waals surface area contributed by atoms with Crippen LogP contribution in [0.25, 0.3) is 0 Å². The van der Waals surface area contributed by atoms with Gasteiger partial charge in [-0.2, -0.15) is 0 Å². The van der Waals surface area contributed by atoms with Crippen molar-refractivity contribution in [2.24, 2.45) is 5.41 Å². The largest absolute Gasteiger partial charge is 0.508 e. The Hall–Kier alpha value is -1.75. The van der Waals surface area contributed by atoms with Gasteiger partial charge in [0.25, 0.3) is 0 Å². The molecule has 1 N–H and O–H groups in total. The van der Waals surface area contributed by atoms with Gasteiger partial charge in [-0.1, -0.05) is 51.1 Å². The predicted octanol–water partition coefficient (Wildman–Crippen LogP) is 4.82. The van der Waals surface area contributed by atoms with Crippen molar-refractivity contribution in [2.75, 3.05) is 32.9 Å². The van der Waals surface area contributed by atoms with Gasteiger partial charge < -0.3 is 14.6 Å². The molecule has 0 bridgehead atoms. The summed E-state index contributed by atoms with van der Waals surface area (Å²) >= 11 is 0. The lowest BCUT2D eigenvalue weighted by molar-refractivity contribution is 0.0463. The van der Waals surface area contributed by atoms with Crippen molar-refractivity contribution in [3.05, 3.63) is 59.7 Å². The molecule has 2 atom stereocenters. The zero-order chi connectivity index (χ0) is 20.5. The number of rotatable bonds is 7. The number of aromatic hydroxyl groups is 1. The van der Waals surface area contributed by atoms with Gasteiger partial charge in [-0.3, -0.25) is 4.90 Å². The Balaban J connectivity index is 0.00000256. The Labute approximate surface area is 186 Å². The van der Waals surface area contributed by atoms with Crippen molar-refractivity contribution in [2.45, 2.75) is 45.1 Å². The monoisotopic (exact) mass is 431 g/mol. The van der Waals surface area contributed by atoms with Crippen LogP contribution in [0.3, 0.4) is 0 Å². The van der Waals surface area contributed by atoms with Crippen molar-refractivity contribution in [1.29, 1.82) is 0 Å². The maximum absolute atomic E-state index is 10.5. The topological polar surface area (TPSA) is 41.9 Å². The van der Waals surface area contributed by atoms with Gasteiger partial charge in [-0.05, 0) is 59.5 Å². The summed E-state index contributed by atoms with van der Waals surface area (Å²) in [6, 6.07) is 16.3. The van der Waals surface area contributed by atoms with E-state index >= 15 is 0 Å². The van der Waals surface area contributed by atoms with Crippen molar-refractivity contribution in [3.8, 4) is 11.5 Å². The number of hydrogen-bond donors (Lipinski definition) is 1. The molecule has 30 heavy (non-hydrogen) atoms. The summed E-state index contributed by atoms with van der Waals surface area (Å²) < 4.78 is 11.6. The molecule has 0 spiro atoms. The van der Waals surface area contributed by atoms with E-state index in [0.717, 1.165) is 30.8 Å². The van der Waals surface area contributed by atoms with Crippen LogP contribution in [0.2, 0.25) is 0 Å².